The molecule has 0 amide bonds. The van der Waals surface area contributed by atoms with E-state index in [0.29, 0.717) is 18.3 Å². The van der Waals surface area contributed by atoms with E-state index >= 15 is 0 Å². The number of fused-ring (bicyclic) bond motifs is 1. The van der Waals surface area contributed by atoms with E-state index in [4.69, 9.17) is 11.5 Å². The van der Waals surface area contributed by atoms with Gasteiger partial charge < -0.3 is 11.5 Å². The molecule has 20 heavy (non-hydrogen) atoms. The zero-order chi connectivity index (χ0) is 14.1. The van der Waals surface area contributed by atoms with Crippen molar-refractivity contribution < 1.29 is 0 Å². The van der Waals surface area contributed by atoms with Crippen LogP contribution in [0.2, 0.25) is 0 Å². The lowest BCUT2D eigenvalue weighted by Crippen LogP contribution is -2.46. The maximum Gasteiger partial charge on any atom is 0.145 e. The molecule has 0 radical (unpaired) electrons. The van der Waals surface area contributed by atoms with Crippen molar-refractivity contribution in [1.29, 1.82) is 0 Å². The fraction of sp³-hybridized carbons (Fsp3) is 0.467. The molecule has 2 unspecified atom stereocenters. The first kappa shape index (κ1) is 13.3. The predicted octanol–water partition coefficient (Wildman–Crippen LogP) is 1.38. The molecular formula is C15H21N5. The minimum absolute atomic E-state index is 0.247. The number of nitrogen functional groups attached to an aromatic ring is 1. The highest BCUT2D eigenvalue weighted by Crippen LogP contribution is 2.20. The Bertz CT molecular complexity index is 602. The van der Waals surface area contributed by atoms with Crippen LogP contribution in [0, 0.1) is 5.92 Å². The predicted molar refractivity (Wildman–Crippen MR) is 81.0 cm³/mol. The lowest BCUT2D eigenvalue weighted by atomic mass is 9.97. The maximum atomic E-state index is 6.08. The van der Waals surface area contributed by atoms with Gasteiger partial charge in [0, 0.05) is 24.5 Å². The molecule has 2 aromatic rings. The normalized spacial score (nSPS) is 24.1. The summed E-state index contributed by atoms with van der Waals surface area (Å²) in [5.41, 5.74) is 13.0. The zero-order valence-electron chi connectivity index (χ0n) is 11.8. The molecule has 2 heterocycles. The molecule has 1 aliphatic rings. The third-order valence-electron chi connectivity index (χ3n) is 3.81. The van der Waals surface area contributed by atoms with Gasteiger partial charge in [-0.05, 0) is 24.5 Å². The smallest absolute Gasteiger partial charge is 0.145 e. The van der Waals surface area contributed by atoms with Crippen LogP contribution >= 0.6 is 0 Å². The number of likely N-dealkylation sites (tertiary alicyclic amines) is 1. The van der Waals surface area contributed by atoms with Gasteiger partial charge in [0.05, 0.1) is 12.1 Å². The van der Waals surface area contributed by atoms with E-state index in [2.05, 4.69) is 21.8 Å². The van der Waals surface area contributed by atoms with E-state index in [-0.39, 0.29) is 6.04 Å². The number of aromatic nitrogens is 2. The molecule has 1 aliphatic heterocycles. The van der Waals surface area contributed by atoms with Gasteiger partial charge in [-0.3, -0.25) is 4.90 Å². The Morgan fingerprint density at radius 2 is 2.05 bits per heavy atom. The van der Waals surface area contributed by atoms with Gasteiger partial charge in [-0.1, -0.05) is 19.1 Å². The van der Waals surface area contributed by atoms with Crippen LogP contribution in [0.1, 0.15) is 19.2 Å². The second-order valence-electron chi connectivity index (χ2n) is 5.84. The number of rotatable bonds is 2. The van der Waals surface area contributed by atoms with Crippen molar-refractivity contribution in [2.45, 2.75) is 25.9 Å². The zero-order valence-corrected chi connectivity index (χ0v) is 11.8. The highest BCUT2D eigenvalue weighted by atomic mass is 15.2. The van der Waals surface area contributed by atoms with Crippen LogP contribution < -0.4 is 11.5 Å². The highest BCUT2D eigenvalue weighted by molar-refractivity contribution is 5.87. The summed E-state index contributed by atoms with van der Waals surface area (Å²) in [6, 6.07) is 8.09. The maximum absolute atomic E-state index is 6.08. The van der Waals surface area contributed by atoms with Crippen LogP contribution in [0.5, 0.6) is 0 Å². The van der Waals surface area contributed by atoms with Crippen LogP contribution in [-0.4, -0.2) is 34.0 Å². The van der Waals surface area contributed by atoms with E-state index in [0.717, 1.165) is 36.2 Å². The number of benzene rings is 1. The fourth-order valence-electron chi connectivity index (χ4n) is 3.06. The molecule has 106 valence electrons. The molecular weight excluding hydrogens is 250 g/mol. The summed E-state index contributed by atoms with van der Waals surface area (Å²) in [4.78, 5) is 11.4. The lowest BCUT2D eigenvalue weighted by Gasteiger charge is -2.34. The van der Waals surface area contributed by atoms with E-state index in [1.54, 1.807) is 0 Å². The Hall–Kier alpha value is -1.72. The topological polar surface area (TPSA) is 81.1 Å². The summed E-state index contributed by atoms with van der Waals surface area (Å²) in [7, 11) is 0. The summed E-state index contributed by atoms with van der Waals surface area (Å²) >= 11 is 0. The standard InChI is InChI=1S/C15H21N5/c1-10-6-11(16)8-20(7-10)9-14-18-13-5-3-2-4-12(13)15(17)19-14/h2-5,10-11H,6-9,16H2,1H3,(H2,17,18,19). The highest BCUT2D eigenvalue weighted by Gasteiger charge is 2.22. The molecule has 3 rings (SSSR count). The summed E-state index contributed by atoms with van der Waals surface area (Å²) in [5.74, 6) is 1.96. The van der Waals surface area contributed by atoms with Crippen molar-refractivity contribution in [2.24, 2.45) is 11.7 Å². The molecule has 1 fully saturated rings. The summed E-state index contributed by atoms with van der Waals surface area (Å²) < 4.78 is 0. The number of nitrogens with zero attached hydrogens (tertiary/aromatic N) is 3. The van der Waals surface area contributed by atoms with Crippen LogP contribution in [0.3, 0.4) is 0 Å². The number of piperidine rings is 1. The van der Waals surface area contributed by atoms with Crippen LogP contribution in [0.15, 0.2) is 24.3 Å². The molecule has 0 bridgehead atoms. The van der Waals surface area contributed by atoms with Crippen molar-refractivity contribution in [3.63, 3.8) is 0 Å². The summed E-state index contributed by atoms with van der Waals surface area (Å²) in [6.45, 7) is 4.90. The second kappa shape index (κ2) is 5.34. The van der Waals surface area contributed by atoms with Crippen molar-refractivity contribution >= 4 is 16.7 Å². The first-order valence-electron chi connectivity index (χ1n) is 7.11. The molecule has 0 spiro atoms. The summed E-state index contributed by atoms with van der Waals surface area (Å²) in [6.07, 6.45) is 1.09. The van der Waals surface area contributed by atoms with E-state index in [1.165, 1.54) is 0 Å². The fourth-order valence-corrected chi connectivity index (χ4v) is 3.06. The molecule has 1 aromatic carbocycles. The van der Waals surface area contributed by atoms with Gasteiger partial charge in [-0.2, -0.15) is 0 Å². The first-order valence-corrected chi connectivity index (χ1v) is 7.11. The lowest BCUT2D eigenvalue weighted by molar-refractivity contribution is 0.155. The Balaban J connectivity index is 1.84. The van der Waals surface area contributed by atoms with Crippen molar-refractivity contribution in [3.8, 4) is 0 Å². The van der Waals surface area contributed by atoms with Crippen molar-refractivity contribution in [1.82, 2.24) is 14.9 Å². The minimum atomic E-state index is 0.247. The molecule has 0 saturated carbocycles. The van der Waals surface area contributed by atoms with Gasteiger partial charge >= 0.3 is 0 Å². The number of hydrogen-bond donors (Lipinski definition) is 2. The number of nitrogens with two attached hydrogens (primary N) is 2. The van der Waals surface area contributed by atoms with E-state index in [1.807, 2.05) is 24.3 Å². The molecule has 1 aromatic heterocycles. The number of anilines is 1. The Morgan fingerprint density at radius 1 is 1.25 bits per heavy atom. The number of para-hydroxylation sites is 1. The molecule has 5 nitrogen and oxygen atoms in total. The quantitative estimate of drug-likeness (QED) is 0.862. The molecule has 1 saturated heterocycles. The third kappa shape index (κ3) is 2.73. The van der Waals surface area contributed by atoms with Gasteiger partial charge in [-0.25, -0.2) is 9.97 Å². The van der Waals surface area contributed by atoms with Gasteiger partial charge in [0.1, 0.15) is 11.6 Å². The van der Waals surface area contributed by atoms with Crippen LogP contribution in [0.25, 0.3) is 10.9 Å². The monoisotopic (exact) mass is 271 g/mol. The average Bonchev–Trinajstić information content (AvgIpc) is 2.37. The van der Waals surface area contributed by atoms with Crippen molar-refractivity contribution in [3.05, 3.63) is 30.1 Å². The van der Waals surface area contributed by atoms with Crippen LogP contribution in [0.4, 0.5) is 5.82 Å². The SMILES string of the molecule is CC1CC(N)CN(Cc2nc(N)c3ccccc3n2)C1. The Morgan fingerprint density at radius 3 is 2.85 bits per heavy atom. The van der Waals surface area contributed by atoms with Gasteiger partial charge in [-0.15, -0.1) is 0 Å². The molecule has 0 aliphatic carbocycles. The average molecular weight is 271 g/mol. The minimum Gasteiger partial charge on any atom is -0.383 e. The largest absolute Gasteiger partial charge is 0.383 e. The van der Waals surface area contributed by atoms with Gasteiger partial charge in [0.15, 0.2) is 0 Å². The second-order valence-corrected chi connectivity index (χ2v) is 5.84. The van der Waals surface area contributed by atoms with E-state index in [9.17, 15) is 0 Å². The Labute approximate surface area is 119 Å². The third-order valence-corrected chi connectivity index (χ3v) is 3.81. The first-order chi connectivity index (χ1) is 9.61. The van der Waals surface area contributed by atoms with Crippen molar-refractivity contribution in [2.75, 3.05) is 18.8 Å². The molecule has 2 atom stereocenters. The Kier molecular flexibility index (Phi) is 3.54. The number of hydrogen-bond acceptors (Lipinski definition) is 5. The van der Waals surface area contributed by atoms with E-state index < -0.39 is 0 Å². The molecule has 4 N–H and O–H groups in total. The van der Waals surface area contributed by atoms with Gasteiger partial charge in [0.2, 0.25) is 0 Å². The van der Waals surface area contributed by atoms with Gasteiger partial charge in [0.25, 0.3) is 0 Å². The summed E-state index contributed by atoms with van der Waals surface area (Å²) in [5, 5.41) is 0.917. The van der Waals surface area contributed by atoms with Crippen LogP contribution in [-0.2, 0) is 6.54 Å². The molecule has 5 heteroatoms.